The number of thiocarbonyl (C=S) groups is 1. The molecule has 2 radical (unpaired) electrons. The van der Waals surface area contributed by atoms with Gasteiger partial charge in [0.1, 0.15) is 0 Å². The van der Waals surface area contributed by atoms with E-state index in [-0.39, 0.29) is 141 Å². The summed E-state index contributed by atoms with van der Waals surface area (Å²) in [6.07, 6.45) is 0. The van der Waals surface area contributed by atoms with E-state index in [2.05, 4.69) is 79.7 Å². The minimum Gasteiger partial charge on any atom is -0.670 e. The number of halogens is 5. The maximum absolute atomic E-state index is 12.7. The number of phenols is 1. The van der Waals surface area contributed by atoms with Gasteiger partial charge in [-0.15, -0.1) is 122 Å². The van der Waals surface area contributed by atoms with Crippen LogP contribution in [0, 0.1) is 32.6 Å². The summed E-state index contributed by atoms with van der Waals surface area (Å²) in [7, 11) is 3.41. The fraction of sp³-hybridized carbons (Fsp3) is 0.412. The predicted molar refractivity (Wildman–Crippen MR) is 361 cm³/mol. The van der Waals surface area contributed by atoms with Crippen molar-refractivity contribution in [2.45, 2.75) is 72.2 Å². The molecule has 16 N–H and O–H groups in total. The van der Waals surface area contributed by atoms with Crippen LogP contribution < -0.4 is 47.6 Å². The van der Waals surface area contributed by atoms with Gasteiger partial charge in [0.15, 0.2) is 49.3 Å². The number of phenolic OH excluding ortho intramolecular Hbond substituents is 1. The summed E-state index contributed by atoms with van der Waals surface area (Å²) in [6.45, 7) is 13.8. The Hall–Kier alpha value is -3.76. The third-order valence-electron chi connectivity index (χ3n) is 11.2. The average Bonchev–Trinajstić information content (AvgIpc) is 1.79. The number of rotatable bonds is 12. The predicted octanol–water partition coefficient (Wildman–Crippen LogP) is 8.44. The van der Waals surface area contributed by atoms with E-state index in [0.29, 0.717) is 46.8 Å². The van der Waals surface area contributed by atoms with Crippen LogP contribution in [0.5, 0.6) is 28.7 Å². The molecule has 0 unspecified atom stereocenters. The Morgan fingerprint density at radius 2 is 1.21 bits per heavy atom. The number of aromatic hydroxyl groups is 1. The molecule has 2 aromatic carbocycles. The van der Waals surface area contributed by atoms with Gasteiger partial charge >= 0.3 is 5.97 Å². The van der Waals surface area contributed by atoms with E-state index in [4.69, 9.17) is 94.3 Å². The number of carbonyl (C=O) groups excluding carboxylic acids is 2. The Kier molecular flexibility index (Phi) is 44.3. The van der Waals surface area contributed by atoms with Gasteiger partial charge in [0.25, 0.3) is 0 Å². The van der Waals surface area contributed by atoms with Crippen molar-refractivity contribution in [3.63, 3.8) is 0 Å². The van der Waals surface area contributed by atoms with Crippen molar-refractivity contribution in [3.8, 4) is 28.7 Å². The summed E-state index contributed by atoms with van der Waals surface area (Å²) in [5.41, 5.74) is 40.6. The van der Waals surface area contributed by atoms with Gasteiger partial charge in [-0.2, -0.15) is 0 Å². The van der Waals surface area contributed by atoms with Crippen LogP contribution in [0.4, 0.5) is 15.4 Å². The van der Waals surface area contributed by atoms with E-state index in [1.165, 1.54) is 53.9 Å². The first-order chi connectivity index (χ1) is 40.5. The number of nitrogen functional groups attached to an aromatic ring is 3. The minimum absolute atomic E-state index is 0. The van der Waals surface area contributed by atoms with E-state index in [9.17, 15) is 14.7 Å². The number of esters is 1. The van der Waals surface area contributed by atoms with Crippen molar-refractivity contribution < 1.29 is 86.8 Å². The fourth-order valence-corrected chi connectivity index (χ4v) is 10.9. The van der Waals surface area contributed by atoms with E-state index in [0.717, 1.165) is 63.4 Å². The van der Waals surface area contributed by atoms with Crippen molar-refractivity contribution in [1.29, 1.82) is 2.67 Å². The number of methoxy groups -OCH3 is 2. The number of ketones is 1. The Morgan fingerprint density at radius 3 is 1.53 bits per heavy atom. The normalized spacial score (nSPS) is 14.8. The number of thiazole rings is 5. The summed E-state index contributed by atoms with van der Waals surface area (Å²) < 4.78 is 38.5. The standard InChI is InChI=1S/C21H20NO7.C9H16N2S.C5H7NOS.C4H5ClN2S.C4H6N2OS.C4H6N2S.C3H4Cl2O.CH4N2S.BH2.2ClH.H2O.Y/c1-25-15-3-9(4-16(26-2)20(15)23)17-10-5-13-14(29-8-28-13)6-11(10)19(22)12-7-27-21(24)18(12)17;1-4-11(5-2)6-9-7-12-8(3)10-9;1-4-6-5(2-7)3-8-4;5-1-3-2-8-4(6)7-3;5-4-6-3(1-7)2-8-4;1-3-2-7-4(5)6-3;4-1-3(6)2-5;2-1(3)4;;;;;/h3-6,12,17-19,22-23H,7-8H2,1-2H3;7H,4-6H2,1-3H3;3,7H,2H2,1H3;2H,1H2,(H2,6,7);2,7H,1H2,(H2,5,6);2H,1H3,(H2,5,6);1-2H2;(H4,2,3,4);1H2;2*1H;1H2;/q-1;;;;;;;;;;;;/t12-,17+,18-,19+;;;;;;;;;;;;/m0............/s1/i;;;;;;;;1D2;;;;. The smallest absolute Gasteiger partial charge is 0.310 e. The Balaban J connectivity index is -0.00000104. The van der Waals surface area contributed by atoms with Gasteiger partial charge in [-0.3, -0.25) is 14.5 Å². The number of aliphatic hydroxyl groups is 2. The van der Waals surface area contributed by atoms with E-state index < -0.39 is 17.9 Å². The molecule has 1 saturated heterocycles. The molecule has 87 heavy (non-hydrogen) atoms. The number of nitrogens with two attached hydrogens (primary N) is 5. The number of hydrogen-bond donors (Lipinski definition) is 8. The second-order valence-electron chi connectivity index (χ2n) is 16.9. The summed E-state index contributed by atoms with van der Waals surface area (Å²) in [5, 5.41) is 40.7. The first kappa shape index (κ1) is 83.2. The molecule has 7 aromatic rings. The van der Waals surface area contributed by atoms with Gasteiger partial charge in [-0.1, -0.05) is 19.4 Å². The number of aromatic nitrogens is 5. The van der Waals surface area contributed by atoms with Gasteiger partial charge in [0.05, 0.1) is 104 Å². The molecular weight excluding hydrogens is 1430 g/mol. The SMILES string of the molecule is CCN(CC)Cc1csc(C)n1.COc1cc([C@@H]2c3cc4c(cc3[C@@H]([NH-])[C@H]3COC(=O)[C@H]23)OCO4)cc(OC)c1O.Cc1csc(N)n1.Cc1nc(CO)cs1.Cl.Cl.NC(N)=S.Nc1nc(CCl)cs1.Nc1nc(CO)cs1.O.O=C(CCl)CCl.[2H][B][2H].[Y]. The molecule has 0 spiro atoms. The second-order valence-corrected chi connectivity index (χ2v) is 23.0. The summed E-state index contributed by atoms with van der Waals surface area (Å²) in [5.74, 6) is 0.429. The minimum atomic E-state index is -0.617. The number of aryl methyl sites for hydroxylation is 3. The number of ether oxygens (including phenoxy) is 5. The van der Waals surface area contributed by atoms with E-state index in [1.54, 1.807) is 40.2 Å². The van der Waals surface area contributed by atoms with E-state index in [1.807, 2.05) is 42.1 Å². The Labute approximate surface area is 588 Å². The molecule has 36 heteroatoms. The monoisotopic (exact) mass is 1500 g/mol. The van der Waals surface area contributed by atoms with Crippen molar-refractivity contribution in [2.75, 3.05) is 69.7 Å². The van der Waals surface area contributed by atoms with Gasteiger partial charge < -0.3 is 78.9 Å². The maximum atomic E-state index is 12.7. The molecule has 3 aliphatic rings. The van der Waals surface area contributed by atoms with Gasteiger partial charge in [-0.05, 0) is 90.1 Å². The number of nitrogens with zero attached hydrogens (tertiary/aromatic N) is 6. The number of fused-ring (bicyclic) bond motifs is 3. The summed E-state index contributed by atoms with van der Waals surface area (Å²) in [4.78, 5) is 45.0. The molecule has 1 aliphatic carbocycles. The molecule has 1 fully saturated rings. The zero-order chi connectivity index (χ0) is 63.8. The summed E-state index contributed by atoms with van der Waals surface area (Å²) in [6, 6.07) is 6.45. The van der Waals surface area contributed by atoms with Crippen LogP contribution >= 0.6 is 129 Å². The number of alkyl halides is 3. The molecule has 5 aromatic heterocycles. The first-order valence-corrected chi connectivity index (χ1v) is 30.9. The summed E-state index contributed by atoms with van der Waals surface area (Å²) >= 11 is 27.1. The average molecular weight is 1500 g/mol. The van der Waals surface area contributed by atoms with Crippen molar-refractivity contribution in [3.05, 3.63) is 112 Å². The number of aliphatic hydroxyl groups excluding tert-OH is 2. The Morgan fingerprint density at radius 1 is 0.770 bits per heavy atom. The molecule has 23 nitrogen and oxygen atoms in total. The zero-order valence-corrected chi connectivity index (χ0v) is 60.0. The first-order valence-electron chi connectivity index (χ1n) is 25.6. The van der Waals surface area contributed by atoms with Crippen LogP contribution in [0.15, 0.2) is 51.2 Å². The van der Waals surface area contributed by atoms with Crippen LogP contribution in [0.25, 0.3) is 5.73 Å². The third-order valence-corrected chi connectivity index (χ3v) is 15.9. The topological polar surface area (TPSA) is 394 Å². The Bertz CT molecular complexity index is 2960. The number of carbonyl (C=O) groups is 2. The number of benzene rings is 2. The van der Waals surface area contributed by atoms with Gasteiger partial charge in [-0.25, -0.2) is 24.9 Å². The molecule has 2 aliphatic heterocycles. The number of hydrogen-bond acceptors (Lipinski definition) is 25. The van der Waals surface area contributed by atoms with Gasteiger partial charge in [0.2, 0.25) is 12.5 Å². The van der Waals surface area contributed by atoms with Gasteiger partial charge in [0, 0.05) is 72.1 Å². The third kappa shape index (κ3) is 29.4. The second kappa shape index (κ2) is 46.3. The molecule has 10 rings (SSSR count). The van der Waals surface area contributed by atoms with Crippen LogP contribution in [0.1, 0.15) is 81.0 Å². The quantitative estimate of drug-likeness (QED) is 0.0246. The number of cyclic esters (lactones) is 1. The largest absolute Gasteiger partial charge is 0.670 e. The molecule has 7 heterocycles. The van der Waals surface area contributed by atoms with Crippen molar-refractivity contribution in [1.82, 2.24) is 29.8 Å². The molecule has 0 saturated carbocycles. The fourth-order valence-electron chi connectivity index (χ4n) is 7.48. The van der Waals surface area contributed by atoms with Crippen molar-refractivity contribution >= 4 is 169 Å². The zero-order valence-electron chi connectivity index (χ0n) is 50.4. The van der Waals surface area contributed by atoms with Crippen LogP contribution in [0.3, 0.4) is 0 Å². The van der Waals surface area contributed by atoms with E-state index >= 15 is 0 Å². The molecule has 0 amide bonds. The maximum Gasteiger partial charge on any atom is 0.310 e. The molecule has 482 valence electrons. The molecular formula is C51H74BCl5N12O11S6Y-. The molecule has 0 bridgehead atoms. The molecule has 4 atom stereocenters. The van der Waals surface area contributed by atoms with Crippen LogP contribution in [0.2, 0.25) is 0 Å². The number of nitrogens with one attached hydrogen (secondary N) is 1. The number of Topliss-reactive ketones (excluding diaryl/α,β-unsaturated/α-hetero) is 1. The van der Waals surface area contributed by atoms with Crippen LogP contribution in [-0.4, -0.2) is 131 Å². The number of anilines is 3. The van der Waals surface area contributed by atoms with Crippen molar-refractivity contribution in [2.24, 2.45) is 23.3 Å². The van der Waals surface area contributed by atoms with Crippen LogP contribution in [-0.2, 0) is 72.7 Å².